The Bertz CT molecular complexity index is 683. The summed E-state index contributed by atoms with van der Waals surface area (Å²) in [6.07, 6.45) is 1.70. The van der Waals surface area contributed by atoms with Gasteiger partial charge in [0.05, 0.1) is 12.2 Å². The van der Waals surface area contributed by atoms with E-state index in [1.165, 1.54) is 5.56 Å². The van der Waals surface area contributed by atoms with Crippen molar-refractivity contribution in [3.8, 4) is 0 Å². The van der Waals surface area contributed by atoms with E-state index in [1.54, 1.807) is 0 Å². The van der Waals surface area contributed by atoms with E-state index in [1.807, 2.05) is 6.07 Å². The number of nitrogens with one attached hydrogen (secondary N) is 2. The average Bonchev–Trinajstić information content (AvgIpc) is 3.06. The Kier molecular flexibility index (Phi) is 7.25. The molecule has 5 heteroatoms. The van der Waals surface area contributed by atoms with Gasteiger partial charge in [-0.1, -0.05) is 63.2 Å². The maximum absolute atomic E-state index is 5.44. The van der Waals surface area contributed by atoms with Crippen molar-refractivity contribution in [3.05, 3.63) is 52.9 Å². The molecule has 0 unspecified atom stereocenters. The number of aryl methyl sites for hydroxylation is 2. The third kappa shape index (κ3) is 5.10. The Labute approximate surface area is 157 Å². The second kappa shape index (κ2) is 9.41. The average molecular weight is 357 g/mol. The molecule has 0 atom stereocenters. The van der Waals surface area contributed by atoms with Crippen LogP contribution in [0.5, 0.6) is 0 Å². The van der Waals surface area contributed by atoms with Crippen molar-refractivity contribution in [2.45, 2.75) is 59.4 Å². The maximum Gasteiger partial charge on any atom is 0.191 e. The molecule has 2 aromatic rings. The van der Waals surface area contributed by atoms with Crippen molar-refractivity contribution in [1.29, 1.82) is 0 Å². The van der Waals surface area contributed by atoms with Crippen LogP contribution in [-0.4, -0.2) is 24.2 Å². The zero-order valence-electron chi connectivity index (χ0n) is 16.7. The lowest BCUT2D eigenvalue weighted by Gasteiger charge is -2.26. The van der Waals surface area contributed by atoms with E-state index in [2.05, 4.69) is 74.7 Å². The van der Waals surface area contributed by atoms with Gasteiger partial charge in [0.25, 0.3) is 0 Å². The minimum Gasteiger partial charge on any atom is -0.361 e. The summed E-state index contributed by atoms with van der Waals surface area (Å²) in [7, 11) is 0. The van der Waals surface area contributed by atoms with Crippen LogP contribution in [0.2, 0.25) is 0 Å². The fourth-order valence-electron chi connectivity index (χ4n) is 2.91. The summed E-state index contributed by atoms with van der Waals surface area (Å²) in [6.45, 7) is 12.9. The molecule has 142 valence electrons. The van der Waals surface area contributed by atoms with Crippen molar-refractivity contribution >= 4 is 5.96 Å². The van der Waals surface area contributed by atoms with Gasteiger partial charge in [-0.25, -0.2) is 4.99 Å². The van der Waals surface area contributed by atoms with Crippen LogP contribution in [0.3, 0.4) is 0 Å². The first-order chi connectivity index (χ1) is 12.5. The van der Waals surface area contributed by atoms with E-state index in [0.717, 1.165) is 48.9 Å². The predicted octanol–water partition coefficient (Wildman–Crippen LogP) is 3.83. The molecular formula is C21H32N4O. The molecule has 5 nitrogen and oxygen atoms in total. The van der Waals surface area contributed by atoms with Gasteiger partial charge in [-0.05, 0) is 18.9 Å². The minimum atomic E-state index is 0.0117. The quantitative estimate of drug-likeness (QED) is 0.557. The lowest BCUT2D eigenvalue weighted by atomic mass is 9.85. The number of hydrogen-bond donors (Lipinski definition) is 2. The van der Waals surface area contributed by atoms with Crippen molar-refractivity contribution in [3.63, 3.8) is 0 Å². The predicted molar refractivity (Wildman–Crippen MR) is 108 cm³/mol. The Morgan fingerprint density at radius 2 is 1.81 bits per heavy atom. The van der Waals surface area contributed by atoms with Crippen LogP contribution in [0.15, 0.2) is 39.8 Å². The third-order valence-electron chi connectivity index (χ3n) is 4.60. The van der Waals surface area contributed by atoms with E-state index >= 15 is 0 Å². The molecule has 1 heterocycles. The number of aliphatic imine (C=N–C) groups is 1. The number of hydrogen-bond acceptors (Lipinski definition) is 3. The van der Waals surface area contributed by atoms with E-state index in [0.29, 0.717) is 6.54 Å². The summed E-state index contributed by atoms with van der Waals surface area (Å²) in [4.78, 5) is 4.76. The lowest BCUT2D eigenvalue weighted by molar-refractivity contribution is 0.380. The second-order valence-electron chi connectivity index (χ2n) is 7.04. The van der Waals surface area contributed by atoms with Gasteiger partial charge in [0.15, 0.2) is 5.96 Å². The van der Waals surface area contributed by atoms with E-state index in [-0.39, 0.29) is 5.41 Å². The van der Waals surface area contributed by atoms with Gasteiger partial charge in [-0.2, -0.15) is 0 Å². The van der Waals surface area contributed by atoms with Crippen LogP contribution in [-0.2, 0) is 24.8 Å². The van der Waals surface area contributed by atoms with E-state index < -0.39 is 0 Å². The number of guanidine groups is 1. The summed E-state index contributed by atoms with van der Waals surface area (Å²) in [5, 5.41) is 11.0. The first kappa shape index (κ1) is 20.0. The first-order valence-corrected chi connectivity index (χ1v) is 9.55. The molecule has 0 saturated carbocycles. The molecule has 0 radical (unpaired) electrons. The van der Waals surface area contributed by atoms with Crippen LogP contribution < -0.4 is 10.6 Å². The van der Waals surface area contributed by atoms with Crippen LogP contribution in [0.1, 0.15) is 57.2 Å². The Morgan fingerprint density at radius 1 is 1.08 bits per heavy atom. The van der Waals surface area contributed by atoms with Gasteiger partial charge in [0.1, 0.15) is 5.76 Å². The molecule has 1 aromatic carbocycles. The van der Waals surface area contributed by atoms with Gasteiger partial charge >= 0.3 is 0 Å². The monoisotopic (exact) mass is 356 g/mol. The summed E-state index contributed by atoms with van der Waals surface area (Å²) >= 11 is 0. The molecule has 0 saturated heterocycles. The highest BCUT2D eigenvalue weighted by molar-refractivity contribution is 5.79. The van der Waals surface area contributed by atoms with Crippen molar-refractivity contribution in [1.82, 2.24) is 15.8 Å². The fourth-order valence-corrected chi connectivity index (χ4v) is 2.91. The number of benzene rings is 1. The van der Waals surface area contributed by atoms with E-state index in [4.69, 9.17) is 9.52 Å². The summed E-state index contributed by atoms with van der Waals surface area (Å²) < 4.78 is 5.44. The molecule has 1 aromatic heterocycles. The van der Waals surface area contributed by atoms with Gasteiger partial charge < -0.3 is 15.2 Å². The topological polar surface area (TPSA) is 62.5 Å². The number of rotatable bonds is 8. The molecule has 0 spiro atoms. The Morgan fingerprint density at radius 3 is 2.42 bits per heavy atom. The highest BCUT2D eigenvalue weighted by atomic mass is 16.5. The molecular weight excluding hydrogens is 324 g/mol. The largest absolute Gasteiger partial charge is 0.361 e. The number of nitrogens with zero attached hydrogens (tertiary/aromatic N) is 2. The minimum absolute atomic E-state index is 0.0117. The first-order valence-electron chi connectivity index (χ1n) is 9.55. The summed E-state index contributed by atoms with van der Waals surface area (Å²) in [5.41, 5.74) is 3.45. The number of aromatic nitrogens is 1. The van der Waals surface area contributed by atoms with Crippen LogP contribution in [0.4, 0.5) is 0 Å². The Balaban J connectivity index is 2.09. The zero-order valence-corrected chi connectivity index (χ0v) is 16.7. The van der Waals surface area contributed by atoms with Gasteiger partial charge in [0, 0.05) is 30.5 Å². The van der Waals surface area contributed by atoms with Crippen molar-refractivity contribution < 1.29 is 4.52 Å². The fraction of sp³-hybridized carbons (Fsp3) is 0.524. The zero-order chi connectivity index (χ0) is 19.0. The molecule has 0 aliphatic rings. The van der Waals surface area contributed by atoms with E-state index in [9.17, 15) is 0 Å². The Hall–Kier alpha value is -2.30. The molecule has 2 N–H and O–H groups in total. The maximum atomic E-state index is 5.44. The van der Waals surface area contributed by atoms with Crippen molar-refractivity contribution in [2.75, 3.05) is 13.1 Å². The van der Waals surface area contributed by atoms with Crippen molar-refractivity contribution in [2.24, 2.45) is 4.99 Å². The lowest BCUT2D eigenvalue weighted by Crippen LogP contribution is -2.43. The normalized spacial score (nSPS) is 12.3. The SMILES string of the molecule is CCNC(=NCc1c(CC)noc1CC)NCC(C)(C)c1ccccc1. The van der Waals surface area contributed by atoms with Gasteiger partial charge in [-0.3, -0.25) is 0 Å². The molecule has 0 bridgehead atoms. The standard InChI is InChI=1S/C21H32N4O/c1-6-18-17(19(7-2)26-25-18)14-23-20(22-8-3)24-15-21(4,5)16-12-10-9-11-13-16/h9-13H,6-8,14-15H2,1-5H3,(H2,22,23,24). The summed E-state index contributed by atoms with van der Waals surface area (Å²) in [6, 6.07) is 10.6. The molecule has 0 aliphatic carbocycles. The highest BCUT2D eigenvalue weighted by Gasteiger charge is 2.20. The van der Waals surface area contributed by atoms with Gasteiger partial charge in [-0.15, -0.1) is 0 Å². The molecule has 0 aliphatic heterocycles. The summed E-state index contributed by atoms with van der Waals surface area (Å²) in [5.74, 6) is 1.76. The molecule has 0 fully saturated rings. The highest BCUT2D eigenvalue weighted by Crippen LogP contribution is 2.21. The van der Waals surface area contributed by atoms with Crippen LogP contribution in [0.25, 0.3) is 0 Å². The second-order valence-corrected chi connectivity index (χ2v) is 7.04. The third-order valence-corrected chi connectivity index (χ3v) is 4.60. The van der Waals surface area contributed by atoms with Gasteiger partial charge in [0.2, 0.25) is 0 Å². The molecule has 2 rings (SSSR count). The molecule has 0 amide bonds. The van der Waals surface area contributed by atoms with Crippen LogP contribution >= 0.6 is 0 Å². The molecule has 26 heavy (non-hydrogen) atoms. The van der Waals surface area contributed by atoms with Crippen LogP contribution in [0, 0.1) is 0 Å². The smallest absolute Gasteiger partial charge is 0.191 e.